The van der Waals surface area contributed by atoms with E-state index < -0.39 is 29.4 Å². The summed E-state index contributed by atoms with van der Waals surface area (Å²) in [6.45, 7) is 2.01. The molecule has 0 spiro atoms. The van der Waals surface area contributed by atoms with Gasteiger partial charge >= 0.3 is 6.01 Å². The summed E-state index contributed by atoms with van der Waals surface area (Å²) in [4.78, 5) is 17.6. The number of aromatic nitrogens is 3. The zero-order valence-electron chi connectivity index (χ0n) is 24.7. The smallest absolute Gasteiger partial charge is 0.319 e. The number of terminal acetylenes is 1. The maximum absolute atomic E-state index is 16.9. The van der Waals surface area contributed by atoms with Crippen molar-refractivity contribution >= 4 is 27.5 Å². The summed E-state index contributed by atoms with van der Waals surface area (Å²) in [6.07, 6.45) is 7.39. The molecule has 0 aliphatic carbocycles. The third-order valence-corrected chi connectivity index (χ3v) is 9.28. The minimum absolute atomic E-state index is 0.0187. The number of ether oxygens (including phenoxy) is 2. The number of β-amino-alcohol motifs (C(OH)–C–C–N with tert-alkyl or cyclic N) is 1. The van der Waals surface area contributed by atoms with E-state index >= 15 is 4.39 Å². The van der Waals surface area contributed by atoms with Gasteiger partial charge in [-0.2, -0.15) is 9.97 Å². The van der Waals surface area contributed by atoms with Crippen LogP contribution in [0.5, 0.6) is 17.6 Å². The van der Waals surface area contributed by atoms with Crippen molar-refractivity contribution in [3.05, 3.63) is 41.5 Å². The molecule has 0 amide bonds. The summed E-state index contributed by atoms with van der Waals surface area (Å²) in [6, 6.07) is 5.17. The Bertz CT molecular complexity index is 1870. The second kappa shape index (κ2) is 11.2. The number of methoxy groups -OCH3 is 1. The van der Waals surface area contributed by atoms with Crippen LogP contribution in [-0.4, -0.2) is 87.8 Å². The van der Waals surface area contributed by atoms with Crippen LogP contribution in [0.1, 0.15) is 37.7 Å². The second-order valence-corrected chi connectivity index (χ2v) is 12.1. The lowest BCUT2D eigenvalue weighted by atomic mass is 9.95. The largest absolute Gasteiger partial charge is 0.508 e. The molecule has 2 aromatic carbocycles. The van der Waals surface area contributed by atoms with Crippen LogP contribution in [0.25, 0.3) is 32.9 Å². The Hall–Kier alpha value is -4.34. The molecule has 4 aromatic rings. The quantitative estimate of drug-likeness (QED) is 0.297. The molecule has 45 heavy (non-hydrogen) atoms. The third-order valence-electron chi connectivity index (χ3n) is 9.28. The Morgan fingerprint density at radius 2 is 1.96 bits per heavy atom. The number of piperidine rings is 1. The first kappa shape index (κ1) is 29.4. The fourth-order valence-corrected chi connectivity index (χ4v) is 7.27. The highest BCUT2D eigenvalue weighted by Crippen LogP contribution is 2.43. The monoisotopic (exact) mass is 619 g/mol. The number of pyridine rings is 1. The molecule has 3 aliphatic rings. The Balaban J connectivity index is 1.43. The molecule has 7 rings (SSSR count). The highest BCUT2D eigenvalue weighted by molar-refractivity contribution is 6.04. The van der Waals surface area contributed by atoms with Gasteiger partial charge in [0.05, 0.1) is 24.3 Å². The number of hydrogen-bond acceptors (Lipinski definition) is 9. The van der Waals surface area contributed by atoms with Crippen LogP contribution < -0.4 is 14.4 Å². The summed E-state index contributed by atoms with van der Waals surface area (Å²) in [5, 5.41) is 21.8. The van der Waals surface area contributed by atoms with Crippen molar-refractivity contribution in [2.75, 3.05) is 44.8 Å². The number of nitrogens with zero attached hydrogens (tertiary/aromatic N) is 5. The fourth-order valence-electron chi connectivity index (χ4n) is 7.27. The van der Waals surface area contributed by atoms with Gasteiger partial charge in [-0.25, -0.2) is 18.2 Å². The van der Waals surface area contributed by atoms with E-state index in [0.29, 0.717) is 37.7 Å². The fraction of sp³-hybridized carbons (Fsp3) is 0.424. The summed E-state index contributed by atoms with van der Waals surface area (Å²) in [5.74, 6) is 0.818. The van der Waals surface area contributed by atoms with Gasteiger partial charge in [-0.05, 0) is 55.8 Å². The van der Waals surface area contributed by atoms with Crippen LogP contribution >= 0.6 is 0 Å². The van der Waals surface area contributed by atoms with Crippen LogP contribution in [-0.2, 0) is 0 Å². The molecular weight excluding hydrogens is 587 g/mol. The number of aromatic hydroxyl groups is 1. The first-order valence-electron chi connectivity index (χ1n) is 15.0. The normalized spacial score (nSPS) is 23.4. The Morgan fingerprint density at radius 3 is 2.73 bits per heavy atom. The highest BCUT2D eigenvalue weighted by atomic mass is 19.1. The zero-order valence-corrected chi connectivity index (χ0v) is 24.7. The molecular formula is C33H32F3N5O4. The first-order valence-corrected chi connectivity index (χ1v) is 15.0. The first-order chi connectivity index (χ1) is 21.7. The number of alkyl halides is 1. The predicted octanol–water partition coefficient (Wildman–Crippen LogP) is 4.74. The predicted molar refractivity (Wildman–Crippen MR) is 162 cm³/mol. The van der Waals surface area contributed by atoms with Crippen molar-refractivity contribution in [1.82, 2.24) is 19.9 Å². The average molecular weight is 620 g/mol. The van der Waals surface area contributed by atoms with Crippen LogP contribution in [0.3, 0.4) is 0 Å². The van der Waals surface area contributed by atoms with Gasteiger partial charge in [-0.1, -0.05) is 12.0 Å². The van der Waals surface area contributed by atoms with E-state index in [1.807, 2.05) is 4.90 Å². The molecule has 0 unspecified atom stereocenters. The number of rotatable bonds is 6. The molecule has 5 heterocycles. The number of aliphatic hydroxyl groups excluding tert-OH is 1. The molecule has 9 nitrogen and oxygen atoms in total. The van der Waals surface area contributed by atoms with E-state index in [2.05, 4.69) is 25.8 Å². The van der Waals surface area contributed by atoms with Gasteiger partial charge in [0.1, 0.15) is 46.8 Å². The minimum Gasteiger partial charge on any atom is -0.508 e. The molecule has 0 bridgehead atoms. The molecule has 2 aromatic heterocycles. The lowest BCUT2D eigenvalue weighted by Gasteiger charge is -2.33. The van der Waals surface area contributed by atoms with Crippen molar-refractivity contribution in [1.29, 1.82) is 0 Å². The van der Waals surface area contributed by atoms with E-state index in [1.165, 1.54) is 31.4 Å². The number of anilines is 1. The summed E-state index contributed by atoms with van der Waals surface area (Å²) < 4.78 is 58.0. The topological polar surface area (TPSA) is 104 Å². The van der Waals surface area contributed by atoms with E-state index in [4.69, 9.17) is 15.9 Å². The number of halogens is 3. The second-order valence-electron chi connectivity index (χ2n) is 12.1. The van der Waals surface area contributed by atoms with Gasteiger partial charge in [0.25, 0.3) is 0 Å². The Labute approximate surface area is 257 Å². The molecule has 0 saturated carbocycles. The van der Waals surface area contributed by atoms with Crippen molar-refractivity contribution in [2.24, 2.45) is 0 Å². The molecule has 3 atom stereocenters. The van der Waals surface area contributed by atoms with Gasteiger partial charge in [0, 0.05) is 37.0 Å². The van der Waals surface area contributed by atoms with E-state index in [9.17, 15) is 19.0 Å². The summed E-state index contributed by atoms with van der Waals surface area (Å²) in [7, 11) is 1.37. The average Bonchev–Trinajstić information content (AvgIpc) is 3.55. The zero-order chi connectivity index (χ0) is 31.5. The van der Waals surface area contributed by atoms with Crippen LogP contribution in [0.15, 0.2) is 24.3 Å². The number of hydrogen-bond donors (Lipinski definition) is 2. The maximum Gasteiger partial charge on any atom is 0.319 e. The van der Waals surface area contributed by atoms with Crippen LogP contribution in [0.2, 0.25) is 0 Å². The number of aliphatic hydroxyl groups is 1. The highest BCUT2D eigenvalue weighted by Gasteiger charge is 2.49. The van der Waals surface area contributed by atoms with Crippen LogP contribution in [0, 0.1) is 24.0 Å². The van der Waals surface area contributed by atoms with E-state index in [-0.39, 0.29) is 69.7 Å². The molecule has 12 heteroatoms. The van der Waals surface area contributed by atoms with Gasteiger partial charge < -0.3 is 24.6 Å². The maximum atomic E-state index is 16.9. The van der Waals surface area contributed by atoms with Gasteiger partial charge in [-0.3, -0.25) is 4.90 Å². The van der Waals surface area contributed by atoms with Crippen molar-refractivity contribution in [2.45, 2.75) is 49.9 Å². The van der Waals surface area contributed by atoms with Crippen molar-refractivity contribution in [3.63, 3.8) is 0 Å². The lowest BCUT2D eigenvalue weighted by Crippen LogP contribution is -2.43. The van der Waals surface area contributed by atoms with E-state index in [0.717, 1.165) is 19.4 Å². The third kappa shape index (κ3) is 4.94. The summed E-state index contributed by atoms with van der Waals surface area (Å²) >= 11 is 0. The van der Waals surface area contributed by atoms with Gasteiger partial charge in [-0.15, -0.1) is 6.42 Å². The van der Waals surface area contributed by atoms with Gasteiger partial charge in [0.2, 0.25) is 5.88 Å². The standard InChI is InChI=1S/C33H32F3N5O4/c1-3-22-24(35)8-7-18-12-21(43)13-23(25(18)22)28-27(36)29-26(31(37-28)44-2)30(40-10-4-6-20(42)16-40)39-32(38-29)45-17-33-9-5-11-41(33)15-19(34)14-33/h1,7-8,12-13,19-20,42-43H,4-6,9-11,14-17H2,2H3/t19-,20-,33+/m1/s1. The molecule has 3 aliphatic heterocycles. The number of fused-ring (bicyclic) bond motifs is 3. The lowest BCUT2D eigenvalue weighted by molar-refractivity contribution is 0.107. The number of phenols is 1. The van der Waals surface area contributed by atoms with Crippen LogP contribution in [0.4, 0.5) is 19.0 Å². The van der Waals surface area contributed by atoms with Crippen molar-refractivity contribution < 1.29 is 32.9 Å². The summed E-state index contributed by atoms with van der Waals surface area (Å²) in [5.41, 5.74) is -1.00. The number of phenolic OH excluding ortho intramolecular Hbond substituents is 1. The minimum atomic E-state index is -0.956. The van der Waals surface area contributed by atoms with Crippen molar-refractivity contribution in [3.8, 4) is 41.2 Å². The molecule has 2 N–H and O–H groups in total. The van der Waals surface area contributed by atoms with E-state index in [1.54, 1.807) is 0 Å². The SMILES string of the molecule is C#Cc1c(F)ccc2cc(O)cc(-c3nc(OC)c4c(N5CCC[C@@H](O)C5)nc(OC[C@@]56CCCN5C[C@H](F)C6)nc4c3F)c12. The molecule has 3 saturated heterocycles. The molecule has 0 radical (unpaired) electrons. The van der Waals surface area contributed by atoms with Gasteiger partial charge in [0.15, 0.2) is 5.82 Å². The molecule has 3 fully saturated rings. The Kier molecular flexibility index (Phi) is 7.33. The Morgan fingerprint density at radius 1 is 1.11 bits per heavy atom. The number of benzene rings is 2. The molecule has 234 valence electrons.